The van der Waals surface area contributed by atoms with Gasteiger partial charge >= 0.3 is 5.97 Å². The van der Waals surface area contributed by atoms with E-state index in [1.54, 1.807) is 24.3 Å². The van der Waals surface area contributed by atoms with Gasteiger partial charge in [0.15, 0.2) is 0 Å². The monoisotopic (exact) mass is 413 g/mol. The Kier molecular flexibility index (Phi) is 6.35. The van der Waals surface area contributed by atoms with Crippen molar-refractivity contribution in [1.82, 2.24) is 0 Å². The van der Waals surface area contributed by atoms with Crippen LogP contribution in [0, 0.1) is 20.2 Å². The van der Waals surface area contributed by atoms with Crippen molar-refractivity contribution in [2.24, 2.45) is 5.16 Å². The summed E-state index contributed by atoms with van der Waals surface area (Å²) in [6.45, 7) is 0. The Hall–Kier alpha value is -3.82. The Bertz CT molecular complexity index is 1000. The maximum atomic E-state index is 12.3. The first-order valence-corrected chi connectivity index (χ1v) is 9.25. The van der Waals surface area contributed by atoms with Gasteiger partial charge in [-0.15, -0.1) is 0 Å². The highest BCUT2D eigenvalue weighted by Gasteiger charge is 2.31. The van der Waals surface area contributed by atoms with E-state index in [0.29, 0.717) is 29.9 Å². The maximum Gasteiger partial charge on any atom is 0.365 e. The summed E-state index contributed by atoms with van der Waals surface area (Å²) in [7, 11) is 1.51. The first-order valence-electron chi connectivity index (χ1n) is 9.25. The van der Waals surface area contributed by atoms with Crippen molar-refractivity contribution in [3.63, 3.8) is 0 Å². The molecule has 1 saturated carbocycles. The highest BCUT2D eigenvalue weighted by Crippen LogP contribution is 2.37. The van der Waals surface area contributed by atoms with Gasteiger partial charge in [-0.3, -0.25) is 20.2 Å². The second-order valence-electron chi connectivity index (χ2n) is 6.75. The number of carbonyl (C=O) groups excluding carboxylic acids is 1. The molecule has 2 aromatic rings. The Labute approximate surface area is 171 Å². The average molecular weight is 413 g/mol. The molecule has 0 amide bonds. The van der Waals surface area contributed by atoms with Crippen molar-refractivity contribution in [2.75, 3.05) is 7.11 Å². The molecular formula is C20H19N3O7. The number of oxime groups is 1. The molecule has 10 heteroatoms. The van der Waals surface area contributed by atoms with Gasteiger partial charge in [0.2, 0.25) is 0 Å². The lowest BCUT2D eigenvalue weighted by Gasteiger charge is -2.23. The normalized spacial score (nSPS) is 17.4. The van der Waals surface area contributed by atoms with Crippen molar-refractivity contribution in [2.45, 2.75) is 31.6 Å². The number of non-ortho nitro benzene ring substituents is 1. The van der Waals surface area contributed by atoms with Gasteiger partial charge in [0, 0.05) is 17.5 Å². The number of methoxy groups -OCH3 is 1. The van der Waals surface area contributed by atoms with Gasteiger partial charge in [-0.1, -0.05) is 11.6 Å². The summed E-state index contributed by atoms with van der Waals surface area (Å²) in [5.41, 5.74) is 0.411. The summed E-state index contributed by atoms with van der Waals surface area (Å²) >= 11 is 0. The molecule has 0 aliphatic heterocycles. The zero-order chi connectivity index (χ0) is 21.7. The fraction of sp³-hybridized carbons (Fsp3) is 0.300. The van der Waals surface area contributed by atoms with E-state index in [1.807, 2.05) is 0 Å². The SMILES string of the molecule is COc1ccc(C(=O)O/N=C2/CCCC[C@@H]2c2ccc([N+](=O)[O-])cc2[N+](=O)[O-])cc1. The molecule has 2 aromatic carbocycles. The second kappa shape index (κ2) is 9.12. The smallest absolute Gasteiger partial charge is 0.365 e. The Morgan fingerprint density at radius 2 is 1.80 bits per heavy atom. The van der Waals surface area contributed by atoms with Crippen LogP contribution in [0.1, 0.15) is 47.5 Å². The molecule has 10 nitrogen and oxygen atoms in total. The summed E-state index contributed by atoms with van der Waals surface area (Å²) < 4.78 is 5.04. The molecule has 30 heavy (non-hydrogen) atoms. The molecular weight excluding hydrogens is 394 g/mol. The van der Waals surface area contributed by atoms with Gasteiger partial charge < -0.3 is 9.57 Å². The number of rotatable bonds is 6. The third kappa shape index (κ3) is 4.59. The van der Waals surface area contributed by atoms with Crippen LogP contribution in [-0.2, 0) is 4.84 Å². The summed E-state index contributed by atoms with van der Waals surface area (Å²) in [6.07, 6.45) is 2.69. The van der Waals surface area contributed by atoms with Crippen LogP contribution in [0.25, 0.3) is 0 Å². The van der Waals surface area contributed by atoms with Crippen molar-refractivity contribution in [1.29, 1.82) is 0 Å². The van der Waals surface area contributed by atoms with Gasteiger partial charge in [-0.2, -0.15) is 0 Å². The average Bonchev–Trinajstić information content (AvgIpc) is 2.77. The standard InChI is InChI=1S/C20H19N3O7/c1-29-15-9-6-13(7-10-15)20(24)30-21-18-5-3-2-4-16(18)17-11-8-14(22(25)26)12-19(17)23(27)28/h6-12,16H,2-5H2,1H3/b21-18-/t16-/m1/s1. The van der Waals surface area contributed by atoms with E-state index >= 15 is 0 Å². The van der Waals surface area contributed by atoms with Crippen LogP contribution in [0.5, 0.6) is 5.75 Å². The number of hydrogen-bond donors (Lipinski definition) is 0. The lowest BCUT2D eigenvalue weighted by atomic mass is 9.81. The quantitative estimate of drug-likeness (QED) is 0.389. The Morgan fingerprint density at radius 1 is 1.07 bits per heavy atom. The van der Waals surface area contributed by atoms with E-state index in [4.69, 9.17) is 9.57 Å². The van der Waals surface area contributed by atoms with Gasteiger partial charge in [0.05, 0.1) is 34.3 Å². The fourth-order valence-electron chi connectivity index (χ4n) is 3.42. The van der Waals surface area contributed by atoms with Crippen molar-refractivity contribution in [3.05, 3.63) is 73.8 Å². The highest BCUT2D eigenvalue weighted by molar-refractivity contribution is 5.94. The first-order chi connectivity index (χ1) is 14.4. The summed E-state index contributed by atoms with van der Waals surface area (Å²) in [5.74, 6) is -0.521. The van der Waals surface area contributed by atoms with Crippen molar-refractivity contribution < 1.29 is 24.2 Å². The van der Waals surface area contributed by atoms with Crippen LogP contribution in [0.4, 0.5) is 11.4 Å². The van der Waals surface area contributed by atoms with Gasteiger partial charge in [0.25, 0.3) is 11.4 Å². The molecule has 3 rings (SSSR count). The number of carbonyl (C=O) groups is 1. The van der Waals surface area contributed by atoms with E-state index in [1.165, 1.54) is 19.2 Å². The lowest BCUT2D eigenvalue weighted by Crippen LogP contribution is -2.20. The molecule has 0 heterocycles. The lowest BCUT2D eigenvalue weighted by molar-refractivity contribution is -0.394. The molecule has 0 unspecified atom stereocenters. The number of nitrogens with zero attached hydrogens (tertiary/aromatic N) is 3. The van der Waals surface area contributed by atoms with E-state index < -0.39 is 21.7 Å². The summed E-state index contributed by atoms with van der Waals surface area (Å²) in [5, 5.41) is 26.5. The largest absolute Gasteiger partial charge is 0.497 e. The molecule has 1 aliphatic carbocycles. The molecule has 0 N–H and O–H groups in total. The van der Waals surface area contributed by atoms with Crippen LogP contribution in [-0.4, -0.2) is 28.6 Å². The molecule has 0 aromatic heterocycles. The number of benzene rings is 2. The van der Waals surface area contributed by atoms with Gasteiger partial charge in [-0.25, -0.2) is 4.79 Å². The van der Waals surface area contributed by atoms with E-state index in [0.717, 1.165) is 18.9 Å². The zero-order valence-electron chi connectivity index (χ0n) is 16.1. The van der Waals surface area contributed by atoms with E-state index in [-0.39, 0.29) is 16.9 Å². The minimum atomic E-state index is -0.677. The molecule has 0 radical (unpaired) electrons. The highest BCUT2D eigenvalue weighted by atomic mass is 16.7. The molecule has 1 atom stereocenters. The molecule has 0 saturated heterocycles. The Balaban J connectivity index is 1.86. The Morgan fingerprint density at radius 3 is 2.43 bits per heavy atom. The topological polar surface area (TPSA) is 134 Å². The number of nitro benzene ring substituents is 2. The number of ether oxygens (including phenoxy) is 1. The van der Waals surface area contributed by atoms with E-state index in [2.05, 4.69) is 5.16 Å². The summed E-state index contributed by atoms with van der Waals surface area (Å²) in [6, 6.07) is 9.89. The molecule has 0 bridgehead atoms. The van der Waals surface area contributed by atoms with Crippen LogP contribution < -0.4 is 4.74 Å². The van der Waals surface area contributed by atoms with Crippen molar-refractivity contribution >= 4 is 23.1 Å². The molecule has 1 fully saturated rings. The van der Waals surface area contributed by atoms with Gasteiger partial charge in [-0.05, 0) is 49.6 Å². The van der Waals surface area contributed by atoms with Crippen LogP contribution in [0.3, 0.4) is 0 Å². The molecule has 156 valence electrons. The number of nitro groups is 2. The minimum Gasteiger partial charge on any atom is -0.497 e. The predicted molar refractivity (Wildman–Crippen MR) is 107 cm³/mol. The summed E-state index contributed by atoms with van der Waals surface area (Å²) in [4.78, 5) is 38.5. The molecule has 0 spiro atoms. The van der Waals surface area contributed by atoms with Crippen LogP contribution in [0.2, 0.25) is 0 Å². The third-order valence-electron chi connectivity index (χ3n) is 4.95. The maximum absolute atomic E-state index is 12.3. The van der Waals surface area contributed by atoms with E-state index in [9.17, 15) is 25.0 Å². The van der Waals surface area contributed by atoms with Crippen LogP contribution in [0.15, 0.2) is 47.6 Å². The zero-order valence-corrected chi connectivity index (χ0v) is 16.1. The van der Waals surface area contributed by atoms with Crippen LogP contribution >= 0.6 is 0 Å². The molecule has 1 aliphatic rings. The predicted octanol–water partition coefficient (Wildman–Crippen LogP) is 4.38. The number of hydrogen-bond acceptors (Lipinski definition) is 8. The minimum absolute atomic E-state index is 0.286. The third-order valence-corrected chi connectivity index (χ3v) is 4.95. The second-order valence-corrected chi connectivity index (χ2v) is 6.75. The fourth-order valence-corrected chi connectivity index (χ4v) is 3.42. The first kappa shape index (κ1) is 20.9. The van der Waals surface area contributed by atoms with Crippen molar-refractivity contribution in [3.8, 4) is 5.75 Å². The van der Waals surface area contributed by atoms with Gasteiger partial charge in [0.1, 0.15) is 5.75 Å².